The number of para-hydroxylation sites is 1. The van der Waals surface area contributed by atoms with Crippen LogP contribution in [0.2, 0.25) is 0 Å². The molecule has 0 spiro atoms. The maximum absolute atomic E-state index is 12.0. The van der Waals surface area contributed by atoms with Crippen molar-refractivity contribution in [1.29, 1.82) is 0 Å². The Morgan fingerprint density at radius 3 is 2.55 bits per heavy atom. The molecule has 1 fully saturated rings. The highest BCUT2D eigenvalue weighted by molar-refractivity contribution is 14.0. The van der Waals surface area contributed by atoms with Crippen molar-refractivity contribution in [2.75, 3.05) is 72.7 Å². The lowest BCUT2D eigenvalue weighted by Gasteiger charge is -2.36. The predicted octanol–water partition coefficient (Wildman–Crippen LogP) is 1.73. The largest absolute Gasteiger partial charge is 0.493 e. The van der Waals surface area contributed by atoms with Gasteiger partial charge in [0.2, 0.25) is 5.91 Å². The number of halogens is 1. The molecule has 31 heavy (non-hydrogen) atoms. The molecule has 0 aliphatic carbocycles. The lowest BCUT2D eigenvalue weighted by molar-refractivity contribution is -0.122. The van der Waals surface area contributed by atoms with E-state index in [1.807, 2.05) is 18.2 Å². The van der Waals surface area contributed by atoms with Crippen LogP contribution in [0, 0.1) is 6.92 Å². The van der Waals surface area contributed by atoms with Crippen molar-refractivity contribution in [2.24, 2.45) is 4.99 Å². The molecule has 1 aliphatic rings. The number of guanidine groups is 1. The third-order valence-electron chi connectivity index (χ3n) is 4.92. The molecule has 1 aromatic carbocycles. The molecule has 0 bridgehead atoms. The van der Waals surface area contributed by atoms with Crippen LogP contribution >= 0.6 is 24.0 Å². The van der Waals surface area contributed by atoms with Gasteiger partial charge in [0.25, 0.3) is 0 Å². The highest BCUT2D eigenvalue weighted by atomic mass is 127. The molecule has 176 valence electrons. The Hall–Kier alpha value is -1.59. The van der Waals surface area contributed by atoms with Crippen LogP contribution in [0.25, 0.3) is 0 Å². The fraction of sp³-hybridized carbons (Fsp3) is 0.636. The van der Waals surface area contributed by atoms with Gasteiger partial charge in [-0.25, -0.2) is 0 Å². The topological polar surface area (TPSA) is 78.4 Å². The van der Waals surface area contributed by atoms with Crippen LogP contribution in [0.4, 0.5) is 0 Å². The van der Waals surface area contributed by atoms with Crippen LogP contribution in [-0.4, -0.2) is 94.3 Å². The molecule has 2 rings (SSSR count). The monoisotopic (exact) mass is 547 g/mol. The predicted molar refractivity (Wildman–Crippen MR) is 136 cm³/mol. The molecule has 2 N–H and O–H groups in total. The zero-order chi connectivity index (χ0) is 21.6. The van der Waals surface area contributed by atoms with Crippen LogP contribution in [0.1, 0.15) is 18.9 Å². The smallest absolute Gasteiger partial charge is 0.234 e. The molecule has 1 aromatic rings. The Bertz CT molecular complexity index is 666. The second-order valence-corrected chi connectivity index (χ2v) is 7.31. The van der Waals surface area contributed by atoms with Gasteiger partial charge in [-0.1, -0.05) is 18.2 Å². The molecule has 1 amide bonds. The number of carbonyl (C=O) groups excluding carboxylic acids is 1. The third kappa shape index (κ3) is 10.5. The van der Waals surface area contributed by atoms with Gasteiger partial charge in [-0.05, 0) is 25.5 Å². The molecule has 1 saturated heterocycles. The molecule has 9 heteroatoms. The van der Waals surface area contributed by atoms with Gasteiger partial charge in [-0.15, -0.1) is 24.0 Å². The SMILES string of the molecule is CCNC(=NCCCOc1ccccc1C)N1CCN(CC(=O)NCCOC)CC1.I. The second-order valence-electron chi connectivity index (χ2n) is 7.31. The first-order valence-corrected chi connectivity index (χ1v) is 10.8. The fourth-order valence-electron chi connectivity index (χ4n) is 3.25. The zero-order valence-corrected chi connectivity index (χ0v) is 21.4. The number of methoxy groups -OCH3 is 1. The van der Waals surface area contributed by atoms with Gasteiger partial charge in [0.1, 0.15) is 5.75 Å². The minimum absolute atomic E-state index is 0. The summed E-state index contributed by atoms with van der Waals surface area (Å²) in [6.45, 7) is 11.3. The Morgan fingerprint density at radius 2 is 1.87 bits per heavy atom. The van der Waals surface area contributed by atoms with Crippen LogP contribution in [-0.2, 0) is 9.53 Å². The van der Waals surface area contributed by atoms with Gasteiger partial charge in [0.05, 0.1) is 19.8 Å². The number of hydrogen-bond donors (Lipinski definition) is 2. The van der Waals surface area contributed by atoms with Gasteiger partial charge in [0.15, 0.2) is 5.96 Å². The van der Waals surface area contributed by atoms with E-state index in [4.69, 9.17) is 14.5 Å². The highest BCUT2D eigenvalue weighted by Crippen LogP contribution is 2.16. The minimum atomic E-state index is 0. The summed E-state index contributed by atoms with van der Waals surface area (Å²) < 4.78 is 10.8. The van der Waals surface area contributed by atoms with Crippen molar-refractivity contribution < 1.29 is 14.3 Å². The summed E-state index contributed by atoms with van der Waals surface area (Å²) in [5.41, 5.74) is 1.15. The van der Waals surface area contributed by atoms with Gasteiger partial charge < -0.3 is 25.0 Å². The van der Waals surface area contributed by atoms with E-state index < -0.39 is 0 Å². The van der Waals surface area contributed by atoms with E-state index in [0.29, 0.717) is 26.3 Å². The Labute approximate surface area is 203 Å². The molecule has 0 atom stereocenters. The van der Waals surface area contributed by atoms with E-state index in [1.165, 1.54) is 0 Å². The number of rotatable bonds is 11. The maximum atomic E-state index is 12.0. The molecule has 8 nitrogen and oxygen atoms in total. The van der Waals surface area contributed by atoms with E-state index in [0.717, 1.165) is 63.0 Å². The van der Waals surface area contributed by atoms with Crippen molar-refractivity contribution in [3.8, 4) is 5.75 Å². The molecule has 0 aromatic heterocycles. The first-order chi connectivity index (χ1) is 14.6. The van der Waals surface area contributed by atoms with E-state index in [2.05, 4.69) is 40.3 Å². The Balaban J connectivity index is 0.00000480. The zero-order valence-electron chi connectivity index (χ0n) is 19.1. The second kappa shape index (κ2) is 16.1. The highest BCUT2D eigenvalue weighted by Gasteiger charge is 2.21. The number of nitrogens with one attached hydrogen (secondary N) is 2. The summed E-state index contributed by atoms with van der Waals surface area (Å²) in [4.78, 5) is 21.2. The van der Waals surface area contributed by atoms with Gasteiger partial charge in [-0.2, -0.15) is 0 Å². The average molecular weight is 547 g/mol. The number of hydrogen-bond acceptors (Lipinski definition) is 5. The summed E-state index contributed by atoms with van der Waals surface area (Å²) in [5, 5.41) is 6.26. The van der Waals surface area contributed by atoms with E-state index in [-0.39, 0.29) is 29.9 Å². The molecule has 1 heterocycles. The van der Waals surface area contributed by atoms with E-state index in [1.54, 1.807) is 7.11 Å². The van der Waals surface area contributed by atoms with Crippen molar-refractivity contribution in [3.63, 3.8) is 0 Å². The van der Waals surface area contributed by atoms with Crippen molar-refractivity contribution in [1.82, 2.24) is 20.4 Å². The third-order valence-corrected chi connectivity index (χ3v) is 4.92. The Morgan fingerprint density at radius 1 is 1.13 bits per heavy atom. The fourth-order valence-corrected chi connectivity index (χ4v) is 3.25. The Kier molecular flexibility index (Phi) is 14.3. The molecule has 0 saturated carbocycles. The van der Waals surface area contributed by atoms with Crippen LogP contribution in [0.15, 0.2) is 29.3 Å². The lowest BCUT2D eigenvalue weighted by atomic mass is 10.2. The summed E-state index contributed by atoms with van der Waals surface area (Å²) in [7, 11) is 1.63. The molecular formula is C22H38IN5O3. The average Bonchev–Trinajstić information content (AvgIpc) is 2.75. The number of benzene rings is 1. The van der Waals surface area contributed by atoms with Crippen molar-refractivity contribution in [3.05, 3.63) is 29.8 Å². The summed E-state index contributed by atoms with van der Waals surface area (Å²) >= 11 is 0. The summed E-state index contributed by atoms with van der Waals surface area (Å²) in [5.74, 6) is 1.93. The number of aryl methyl sites for hydroxylation is 1. The molecule has 0 unspecified atom stereocenters. The number of ether oxygens (including phenoxy) is 2. The first-order valence-electron chi connectivity index (χ1n) is 10.8. The van der Waals surface area contributed by atoms with Crippen LogP contribution in [0.3, 0.4) is 0 Å². The summed E-state index contributed by atoms with van der Waals surface area (Å²) in [6, 6.07) is 8.06. The van der Waals surface area contributed by atoms with Crippen molar-refractivity contribution in [2.45, 2.75) is 20.3 Å². The number of nitrogens with zero attached hydrogens (tertiary/aromatic N) is 3. The standard InChI is InChI=1S/C22H37N5O3.HI/c1-4-23-22(25-10-7-16-30-20-9-6-5-8-19(20)2)27-14-12-26(13-15-27)18-21(28)24-11-17-29-3;/h5-6,8-9H,4,7,10-18H2,1-3H3,(H,23,25)(H,24,28);1H. The van der Waals surface area contributed by atoms with Gasteiger partial charge >= 0.3 is 0 Å². The summed E-state index contributed by atoms with van der Waals surface area (Å²) in [6.07, 6.45) is 0.866. The van der Waals surface area contributed by atoms with E-state index >= 15 is 0 Å². The lowest BCUT2D eigenvalue weighted by Crippen LogP contribution is -2.54. The minimum Gasteiger partial charge on any atom is -0.493 e. The van der Waals surface area contributed by atoms with Crippen LogP contribution in [0.5, 0.6) is 5.75 Å². The molecular weight excluding hydrogens is 509 g/mol. The van der Waals surface area contributed by atoms with E-state index in [9.17, 15) is 4.79 Å². The molecule has 1 aliphatic heterocycles. The quantitative estimate of drug-likeness (QED) is 0.190. The van der Waals surface area contributed by atoms with Gasteiger partial charge in [0, 0.05) is 59.3 Å². The number of piperazine rings is 1. The number of amides is 1. The maximum Gasteiger partial charge on any atom is 0.234 e. The van der Waals surface area contributed by atoms with Gasteiger partial charge in [-0.3, -0.25) is 14.7 Å². The normalized spacial score (nSPS) is 14.7. The van der Waals surface area contributed by atoms with Crippen molar-refractivity contribution >= 4 is 35.8 Å². The number of carbonyl (C=O) groups is 1. The number of aliphatic imine (C=N–C) groups is 1. The van der Waals surface area contributed by atoms with Crippen LogP contribution < -0.4 is 15.4 Å². The first kappa shape index (κ1) is 27.4. The molecule has 0 radical (unpaired) electrons.